The van der Waals surface area contributed by atoms with Crippen LogP contribution < -0.4 is 5.32 Å². The van der Waals surface area contributed by atoms with E-state index >= 15 is 0 Å². The molecule has 0 aliphatic heterocycles. The van der Waals surface area contributed by atoms with Gasteiger partial charge in [0.15, 0.2) is 5.82 Å². The maximum atomic E-state index is 14.3. The number of hydrogen-bond acceptors (Lipinski definition) is 6. The van der Waals surface area contributed by atoms with Crippen molar-refractivity contribution in [2.75, 3.05) is 7.05 Å². The van der Waals surface area contributed by atoms with Crippen molar-refractivity contribution in [1.29, 1.82) is 0 Å². The average molecular weight is 537 g/mol. The van der Waals surface area contributed by atoms with Crippen LogP contribution >= 0.6 is 0 Å². The van der Waals surface area contributed by atoms with Crippen LogP contribution in [0.15, 0.2) is 85.5 Å². The van der Waals surface area contributed by atoms with E-state index in [4.69, 9.17) is 4.98 Å². The van der Waals surface area contributed by atoms with Crippen LogP contribution in [0.4, 0.5) is 4.39 Å². The Bertz CT molecular complexity index is 1700. The summed E-state index contributed by atoms with van der Waals surface area (Å²) in [6, 6.07) is 8.69. The smallest absolute Gasteiger partial charge is 0.159 e. The first kappa shape index (κ1) is 29.6. The fourth-order valence-corrected chi connectivity index (χ4v) is 4.03. The van der Waals surface area contributed by atoms with Crippen LogP contribution in [-0.2, 0) is 6.54 Å². The van der Waals surface area contributed by atoms with Gasteiger partial charge in [0, 0.05) is 41.7 Å². The molecule has 0 saturated carbocycles. The van der Waals surface area contributed by atoms with Gasteiger partial charge in [0.2, 0.25) is 0 Å². The number of halogens is 1. The normalized spacial score (nSPS) is 11.1. The summed E-state index contributed by atoms with van der Waals surface area (Å²) in [6.07, 6.45) is 8.54. The minimum Gasteiger partial charge on any atom is -0.336 e. The number of pyridine rings is 2. The highest BCUT2D eigenvalue weighted by atomic mass is 19.1. The predicted octanol–water partition coefficient (Wildman–Crippen LogP) is 7.02. The van der Waals surface area contributed by atoms with Crippen molar-refractivity contribution < 1.29 is 4.39 Å². The third-order valence-electron chi connectivity index (χ3n) is 5.61. The molecule has 0 amide bonds. The number of fused-ring (bicyclic) bond motifs is 2. The molecule has 0 atom stereocenters. The summed E-state index contributed by atoms with van der Waals surface area (Å²) in [5, 5.41) is 11.4. The van der Waals surface area contributed by atoms with Crippen molar-refractivity contribution in [3.63, 3.8) is 0 Å². The van der Waals surface area contributed by atoms with Crippen LogP contribution in [0.25, 0.3) is 50.3 Å². The van der Waals surface area contributed by atoms with E-state index in [9.17, 15) is 4.39 Å². The summed E-state index contributed by atoms with van der Waals surface area (Å²) >= 11 is 0. The first-order valence-electron chi connectivity index (χ1n) is 12.8. The quantitative estimate of drug-likeness (QED) is 0.153. The third-order valence-corrected chi connectivity index (χ3v) is 5.61. The van der Waals surface area contributed by atoms with Crippen LogP contribution in [0.2, 0.25) is 0 Å². The maximum Gasteiger partial charge on any atom is 0.159 e. The highest BCUT2D eigenvalue weighted by Crippen LogP contribution is 2.31. The Kier molecular flexibility index (Phi) is 10.5. The number of allylic oxidation sites excluding steroid dienone is 2. The zero-order valence-corrected chi connectivity index (χ0v) is 23.2. The van der Waals surface area contributed by atoms with Gasteiger partial charge in [0.25, 0.3) is 0 Å². The van der Waals surface area contributed by atoms with Gasteiger partial charge < -0.3 is 10.3 Å². The zero-order chi connectivity index (χ0) is 29.1. The summed E-state index contributed by atoms with van der Waals surface area (Å²) in [4.78, 5) is 21.3. The minimum absolute atomic E-state index is 0.319. The largest absolute Gasteiger partial charge is 0.336 e. The molecular weight excluding hydrogens is 503 g/mol. The molecule has 4 aromatic heterocycles. The maximum absolute atomic E-state index is 14.3. The second-order valence-electron chi connectivity index (χ2n) is 8.16. The van der Waals surface area contributed by atoms with Crippen LogP contribution in [0, 0.1) is 5.82 Å². The van der Waals surface area contributed by atoms with Gasteiger partial charge in [-0.15, -0.1) is 5.73 Å². The first-order chi connectivity index (χ1) is 19.5. The molecule has 0 bridgehead atoms. The number of aliphatic imine (C=N–C) groups is 1. The Hall–Kier alpha value is -4.98. The van der Waals surface area contributed by atoms with Crippen molar-refractivity contribution in [1.82, 2.24) is 35.5 Å². The molecule has 204 valence electrons. The van der Waals surface area contributed by atoms with E-state index in [1.54, 1.807) is 18.6 Å². The average Bonchev–Trinajstić information content (AvgIpc) is 3.59. The highest BCUT2D eigenvalue weighted by Gasteiger charge is 2.17. The van der Waals surface area contributed by atoms with Crippen molar-refractivity contribution in [3.8, 4) is 22.8 Å². The molecule has 1 aromatic carbocycles. The van der Waals surface area contributed by atoms with Gasteiger partial charge in [0.1, 0.15) is 17.0 Å². The van der Waals surface area contributed by atoms with E-state index in [2.05, 4.69) is 60.9 Å². The second kappa shape index (κ2) is 14.2. The Morgan fingerprint density at radius 3 is 2.60 bits per heavy atom. The molecule has 0 saturated heterocycles. The lowest BCUT2D eigenvalue weighted by molar-refractivity contribution is 0.624. The Labute approximate surface area is 233 Å². The predicted molar refractivity (Wildman–Crippen MR) is 163 cm³/mol. The van der Waals surface area contributed by atoms with E-state index in [1.165, 1.54) is 18.3 Å². The van der Waals surface area contributed by atoms with E-state index in [1.807, 2.05) is 52.1 Å². The summed E-state index contributed by atoms with van der Waals surface area (Å²) in [7, 11) is 1.82. The van der Waals surface area contributed by atoms with Crippen LogP contribution in [0.1, 0.15) is 32.0 Å². The van der Waals surface area contributed by atoms with Gasteiger partial charge in [-0.25, -0.2) is 9.37 Å². The van der Waals surface area contributed by atoms with Crippen molar-refractivity contribution in [2.24, 2.45) is 4.99 Å². The van der Waals surface area contributed by atoms with E-state index < -0.39 is 0 Å². The van der Waals surface area contributed by atoms with Gasteiger partial charge in [-0.2, -0.15) is 5.10 Å². The van der Waals surface area contributed by atoms with Gasteiger partial charge >= 0.3 is 0 Å². The molecule has 9 heteroatoms. The molecule has 0 radical (unpaired) electrons. The van der Waals surface area contributed by atoms with Gasteiger partial charge in [-0.1, -0.05) is 39.7 Å². The minimum atomic E-state index is -0.319. The molecule has 0 aliphatic rings. The second-order valence-corrected chi connectivity index (χ2v) is 8.16. The summed E-state index contributed by atoms with van der Waals surface area (Å²) in [5.74, 6) is 0.256. The van der Waals surface area contributed by atoms with Gasteiger partial charge in [0.05, 0.1) is 28.6 Å². The Balaban J connectivity index is 0.000000827. The van der Waals surface area contributed by atoms with Crippen molar-refractivity contribution in [2.45, 2.75) is 27.3 Å². The lowest BCUT2D eigenvalue weighted by Crippen LogP contribution is -2.05. The summed E-state index contributed by atoms with van der Waals surface area (Å²) in [5.41, 5.74) is 8.80. The number of benzene rings is 1. The number of nitrogens with zero attached hydrogens (tertiary/aromatic N) is 5. The fraction of sp³-hybridized carbons (Fsp3) is 0.161. The van der Waals surface area contributed by atoms with Crippen LogP contribution in [0.3, 0.4) is 0 Å². The molecular formula is C31H33FN8. The number of imidazole rings is 1. The van der Waals surface area contributed by atoms with Crippen molar-refractivity contribution >= 4 is 33.7 Å². The lowest BCUT2D eigenvalue weighted by atomic mass is 10.1. The molecule has 8 nitrogen and oxygen atoms in total. The summed E-state index contributed by atoms with van der Waals surface area (Å²) < 4.78 is 14.3. The van der Waals surface area contributed by atoms with Crippen LogP contribution in [0.5, 0.6) is 0 Å². The molecule has 0 fully saturated rings. The molecule has 0 aliphatic carbocycles. The number of hydrogen-bond donors (Lipinski definition) is 3. The topological polar surface area (TPSA) is 108 Å². The third kappa shape index (κ3) is 6.53. The molecule has 4 heterocycles. The number of aromatic amines is 2. The van der Waals surface area contributed by atoms with E-state index in [0.717, 1.165) is 33.3 Å². The van der Waals surface area contributed by atoms with Crippen molar-refractivity contribution in [3.05, 3.63) is 97.5 Å². The first-order valence-corrected chi connectivity index (χ1v) is 12.8. The number of H-pyrrole nitrogens is 2. The molecule has 3 N–H and O–H groups in total. The molecule has 0 spiro atoms. The number of nitrogens with one attached hydrogen (secondary N) is 3. The molecule has 5 rings (SSSR count). The Morgan fingerprint density at radius 1 is 1.12 bits per heavy atom. The van der Waals surface area contributed by atoms with Gasteiger partial charge in [-0.3, -0.25) is 20.1 Å². The number of rotatable bonds is 7. The molecule has 0 unspecified atom stereocenters. The highest BCUT2D eigenvalue weighted by molar-refractivity contribution is 6.10. The fourth-order valence-electron chi connectivity index (χ4n) is 4.03. The number of aromatic nitrogens is 6. The lowest BCUT2D eigenvalue weighted by Gasteiger charge is -2.06. The molecule has 40 heavy (non-hydrogen) atoms. The standard InChI is InChI=1S/C26H23FN8.C3H4.C2H6/c1-4-16(13-29-5-2)21-11-19-22(14-31-21)34-35-24(19)26-32-20-6-7-30-23(25(20)33-26)17-8-15(12-28-3)9-18(27)10-17;1-3-2;1-2/h4-11,13-14,28H,2,12H2,1,3H3,(H,32,33)(H,34,35);1-2H2;1-2H3/b16-4+,29-13?;;. The monoisotopic (exact) mass is 536 g/mol. The van der Waals surface area contributed by atoms with E-state index in [-0.39, 0.29) is 5.82 Å². The SMILES string of the molecule is C=C=C.C=CN=C/C(=C\C)c1cc2c(-c3nc4c(-c5cc(F)cc(CNC)c5)nccc4[nH]3)n[nH]c2cn1.CC. The summed E-state index contributed by atoms with van der Waals surface area (Å²) in [6.45, 7) is 16.3. The van der Waals surface area contributed by atoms with Gasteiger partial charge in [-0.05, 0) is 49.9 Å². The Morgan fingerprint density at radius 2 is 1.90 bits per heavy atom. The van der Waals surface area contributed by atoms with E-state index in [0.29, 0.717) is 34.8 Å². The van der Waals surface area contributed by atoms with Crippen LogP contribution in [-0.4, -0.2) is 43.4 Å². The molecule has 5 aromatic rings. The zero-order valence-electron chi connectivity index (χ0n) is 23.2.